The van der Waals surface area contributed by atoms with E-state index in [1.807, 2.05) is 0 Å². The number of aliphatic hydroxyl groups is 1. The number of aryl methyl sites for hydroxylation is 1. The van der Waals surface area contributed by atoms with Gasteiger partial charge in [-0.1, -0.05) is 17.7 Å². The van der Waals surface area contributed by atoms with Gasteiger partial charge in [0.15, 0.2) is 0 Å². The standard InChI is InChI=1S/C17H28N2O2/c1-13-5-6-16(14(9-13)10-18-17(2,3)4)19-7-8-21-15(11-19)12-20/h5-6,9,15,18,20H,7-8,10-12H2,1-4H3. The van der Waals surface area contributed by atoms with E-state index in [2.05, 4.69) is 56.1 Å². The summed E-state index contributed by atoms with van der Waals surface area (Å²) in [4.78, 5) is 2.32. The molecule has 0 bridgehead atoms. The lowest BCUT2D eigenvalue weighted by Crippen LogP contribution is -2.44. The number of benzene rings is 1. The van der Waals surface area contributed by atoms with E-state index < -0.39 is 0 Å². The van der Waals surface area contributed by atoms with E-state index in [0.29, 0.717) is 6.61 Å². The SMILES string of the molecule is Cc1ccc(N2CCOC(CO)C2)c(CNC(C)(C)C)c1. The van der Waals surface area contributed by atoms with Gasteiger partial charge in [0.25, 0.3) is 0 Å². The van der Waals surface area contributed by atoms with Gasteiger partial charge in [-0.2, -0.15) is 0 Å². The number of hydrogen-bond acceptors (Lipinski definition) is 4. The molecule has 1 heterocycles. The number of morpholine rings is 1. The van der Waals surface area contributed by atoms with Crippen LogP contribution in [0.15, 0.2) is 18.2 Å². The molecule has 1 aliphatic heterocycles. The minimum atomic E-state index is -0.0801. The summed E-state index contributed by atoms with van der Waals surface area (Å²) in [6.07, 6.45) is -0.0801. The van der Waals surface area contributed by atoms with Gasteiger partial charge in [0, 0.05) is 30.9 Å². The molecule has 21 heavy (non-hydrogen) atoms. The van der Waals surface area contributed by atoms with Gasteiger partial charge in [0.2, 0.25) is 0 Å². The van der Waals surface area contributed by atoms with E-state index in [4.69, 9.17) is 4.74 Å². The smallest absolute Gasteiger partial charge is 0.0980 e. The number of nitrogens with zero attached hydrogens (tertiary/aromatic N) is 1. The highest BCUT2D eigenvalue weighted by atomic mass is 16.5. The molecular formula is C17H28N2O2. The number of rotatable bonds is 4. The molecule has 0 amide bonds. The Morgan fingerprint density at radius 1 is 1.38 bits per heavy atom. The number of nitrogens with one attached hydrogen (secondary N) is 1. The molecule has 0 aromatic heterocycles. The molecule has 1 aromatic carbocycles. The first-order valence-electron chi connectivity index (χ1n) is 7.71. The topological polar surface area (TPSA) is 44.7 Å². The second-order valence-corrected chi connectivity index (χ2v) is 6.86. The van der Waals surface area contributed by atoms with Crippen molar-refractivity contribution in [2.45, 2.75) is 45.9 Å². The van der Waals surface area contributed by atoms with Gasteiger partial charge in [-0.15, -0.1) is 0 Å². The first-order valence-corrected chi connectivity index (χ1v) is 7.71. The summed E-state index contributed by atoms with van der Waals surface area (Å²) in [5, 5.41) is 12.9. The number of hydrogen-bond donors (Lipinski definition) is 2. The van der Waals surface area contributed by atoms with E-state index >= 15 is 0 Å². The molecule has 0 radical (unpaired) electrons. The van der Waals surface area contributed by atoms with Crippen molar-refractivity contribution in [3.63, 3.8) is 0 Å². The fourth-order valence-corrected chi connectivity index (χ4v) is 2.57. The molecule has 118 valence electrons. The summed E-state index contributed by atoms with van der Waals surface area (Å²) < 4.78 is 5.55. The van der Waals surface area contributed by atoms with Gasteiger partial charge in [-0.05, 0) is 39.3 Å². The largest absolute Gasteiger partial charge is 0.394 e. The van der Waals surface area contributed by atoms with Gasteiger partial charge in [-0.3, -0.25) is 0 Å². The summed E-state index contributed by atoms with van der Waals surface area (Å²) in [6.45, 7) is 11.9. The molecule has 1 aliphatic rings. The Hall–Kier alpha value is -1.10. The second-order valence-electron chi connectivity index (χ2n) is 6.86. The summed E-state index contributed by atoms with van der Waals surface area (Å²) in [5.74, 6) is 0. The maximum Gasteiger partial charge on any atom is 0.0980 e. The molecule has 4 nitrogen and oxygen atoms in total. The van der Waals surface area contributed by atoms with Crippen molar-refractivity contribution in [3.05, 3.63) is 29.3 Å². The van der Waals surface area contributed by atoms with Crippen LogP contribution in [0.1, 0.15) is 31.9 Å². The van der Waals surface area contributed by atoms with Crippen molar-refractivity contribution >= 4 is 5.69 Å². The Kier molecular flexibility index (Phi) is 5.25. The Morgan fingerprint density at radius 2 is 2.14 bits per heavy atom. The lowest BCUT2D eigenvalue weighted by Gasteiger charge is -2.35. The van der Waals surface area contributed by atoms with Crippen LogP contribution in [0.2, 0.25) is 0 Å². The third kappa shape index (κ3) is 4.70. The maximum absolute atomic E-state index is 9.32. The van der Waals surface area contributed by atoms with Crippen molar-refractivity contribution in [2.75, 3.05) is 31.2 Å². The minimum Gasteiger partial charge on any atom is -0.394 e. The van der Waals surface area contributed by atoms with Crippen molar-refractivity contribution < 1.29 is 9.84 Å². The van der Waals surface area contributed by atoms with Gasteiger partial charge < -0.3 is 20.1 Å². The number of aliphatic hydroxyl groups excluding tert-OH is 1. The first-order chi connectivity index (χ1) is 9.89. The Balaban J connectivity index is 2.17. The predicted molar refractivity (Wildman–Crippen MR) is 86.8 cm³/mol. The minimum absolute atomic E-state index is 0.0801. The molecular weight excluding hydrogens is 264 g/mol. The van der Waals surface area contributed by atoms with Crippen LogP contribution in [0, 0.1) is 6.92 Å². The third-order valence-corrected chi connectivity index (χ3v) is 3.73. The molecule has 1 unspecified atom stereocenters. The van der Waals surface area contributed by atoms with Crippen molar-refractivity contribution in [1.29, 1.82) is 0 Å². The summed E-state index contributed by atoms with van der Waals surface area (Å²) >= 11 is 0. The van der Waals surface area contributed by atoms with Crippen molar-refractivity contribution in [1.82, 2.24) is 5.32 Å². The first kappa shape index (κ1) is 16.3. The molecule has 4 heteroatoms. The summed E-state index contributed by atoms with van der Waals surface area (Å²) in [5.41, 5.74) is 3.93. The molecule has 2 N–H and O–H groups in total. The van der Waals surface area contributed by atoms with Gasteiger partial charge >= 0.3 is 0 Å². The Bertz CT molecular complexity index is 468. The van der Waals surface area contributed by atoms with E-state index in [1.165, 1.54) is 16.8 Å². The monoisotopic (exact) mass is 292 g/mol. The lowest BCUT2D eigenvalue weighted by atomic mass is 10.0. The lowest BCUT2D eigenvalue weighted by molar-refractivity contribution is 0.00352. The van der Waals surface area contributed by atoms with E-state index in [9.17, 15) is 5.11 Å². The normalized spacial score (nSPS) is 19.9. The van der Waals surface area contributed by atoms with Crippen LogP contribution in [0.25, 0.3) is 0 Å². The van der Waals surface area contributed by atoms with Gasteiger partial charge in [0.1, 0.15) is 0 Å². The van der Waals surface area contributed by atoms with Crippen LogP contribution in [-0.4, -0.2) is 43.1 Å². The van der Waals surface area contributed by atoms with E-state index in [-0.39, 0.29) is 18.2 Å². The molecule has 0 aliphatic carbocycles. The molecule has 1 saturated heterocycles. The molecule has 0 saturated carbocycles. The Labute approximate surface area is 128 Å². The highest BCUT2D eigenvalue weighted by Gasteiger charge is 2.22. The summed E-state index contributed by atoms with van der Waals surface area (Å²) in [6, 6.07) is 6.59. The molecule has 1 aromatic rings. The molecule has 1 fully saturated rings. The van der Waals surface area contributed by atoms with E-state index in [0.717, 1.165) is 19.6 Å². The highest BCUT2D eigenvalue weighted by molar-refractivity contribution is 5.55. The fraction of sp³-hybridized carbons (Fsp3) is 0.647. The molecule has 1 atom stereocenters. The molecule has 0 spiro atoms. The zero-order valence-electron chi connectivity index (χ0n) is 13.6. The number of anilines is 1. The molecule has 2 rings (SSSR count). The number of ether oxygens (including phenoxy) is 1. The quantitative estimate of drug-likeness (QED) is 0.892. The van der Waals surface area contributed by atoms with Crippen LogP contribution >= 0.6 is 0 Å². The van der Waals surface area contributed by atoms with Crippen LogP contribution in [0.4, 0.5) is 5.69 Å². The van der Waals surface area contributed by atoms with Crippen LogP contribution < -0.4 is 10.2 Å². The van der Waals surface area contributed by atoms with Crippen molar-refractivity contribution in [3.8, 4) is 0 Å². The maximum atomic E-state index is 9.32. The zero-order valence-corrected chi connectivity index (χ0v) is 13.6. The van der Waals surface area contributed by atoms with Crippen LogP contribution in [0.5, 0.6) is 0 Å². The fourth-order valence-electron chi connectivity index (χ4n) is 2.57. The van der Waals surface area contributed by atoms with Gasteiger partial charge in [-0.25, -0.2) is 0 Å². The highest BCUT2D eigenvalue weighted by Crippen LogP contribution is 2.24. The Morgan fingerprint density at radius 3 is 2.81 bits per heavy atom. The van der Waals surface area contributed by atoms with Crippen LogP contribution in [0.3, 0.4) is 0 Å². The third-order valence-electron chi connectivity index (χ3n) is 3.73. The zero-order chi connectivity index (χ0) is 15.5. The predicted octanol–water partition coefficient (Wildman–Crippen LogP) is 2.08. The van der Waals surface area contributed by atoms with Crippen molar-refractivity contribution in [2.24, 2.45) is 0 Å². The second kappa shape index (κ2) is 6.77. The van der Waals surface area contributed by atoms with E-state index in [1.54, 1.807) is 0 Å². The average Bonchev–Trinajstić information content (AvgIpc) is 2.44. The summed E-state index contributed by atoms with van der Waals surface area (Å²) in [7, 11) is 0. The van der Waals surface area contributed by atoms with Gasteiger partial charge in [0.05, 0.1) is 19.3 Å². The van der Waals surface area contributed by atoms with Crippen LogP contribution in [-0.2, 0) is 11.3 Å². The average molecular weight is 292 g/mol.